The van der Waals surface area contributed by atoms with Crippen LogP contribution in [0.25, 0.3) is 22.5 Å². The Hall–Kier alpha value is -3.43. The maximum atomic E-state index is 12.3. The number of nitrogens with zero attached hydrogens (tertiary/aromatic N) is 3. The zero-order valence-corrected chi connectivity index (χ0v) is 17.1. The molecule has 0 spiro atoms. The third-order valence-electron chi connectivity index (χ3n) is 4.33. The minimum Gasteiger partial charge on any atom is -0.406 e. The van der Waals surface area contributed by atoms with Crippen LogP contribution in [-0.2, 0) is 6.54 Å². The number of amidine groups is 1. The van der Waals surface area contributed by atoms with Gasteiger partial charge in [-0.3, -0.25) is 9.98 Å². The van der Waals surface area contributed by atoms with E-state index < -0.39 is 12.1 Å². The SMILES string of the molecule is CC(C)C=NC(=N)C(C)Cn1c(=O)oc2ccc(-c3ccc(OC(F)(F)F)cc3)nc21. The summed E-state index contributed by atoms with van der Waals surface area (Å²) >= 11 is 0. The van der Waals surface area contributed by atoms with E-state index in [0.29, 0.717) is 11.3 Å². The number of pyridine rings is 1. The van der Waals surface area contributed by atoms with E-state index in [2.05, 4.69) is 14.7 Å². The lowest BCUT2D eigenvalue weighted by atomic mass is 10.1. The van der Waals surface area contributed by atoms with E-state index in [1.807, 2.05) is 13.8 Å². The number of hydrogen-bond donors (Lipinski definition) is 1. The average Bonchev–Trinajstić information content (AvgIpc) is 3.00. The molecule has 1 aromatic carbocycles. The van der Waals surface area contributed by atoms with Crippen LogP contribution < -0.4 is 10.5 Å². The highest BCUT2D eigenvalue weighted by Gasteiger charge is 2.31. The van der Waals surface area contributed by atoms with Gasteiger partial charge in [0.15, 0.2) is 11.2 Å². The summed E-state index contributed by atoms with van der Waals surface area (Å²) in [6.45, 7) is 5.81. The number of halogens is 3. The Morgan fingerprint density at radius 1 is 1.23 bits per heavy atom. The number of aliphatic imine (C=N–C) groups is 1. The van der Waals surface area contributed by atoms with Crippen LogP contribution in [0.3, 0.4) is 0 Å². The molecule has 3 rings (SSSR count). The van der Waals surface area contributed by atoms with Gasteiger partial charge in [0.2, 0.25) is 0 Å². The summed E-state index contributed by atoms with van der Waals surface area (Å²) in [7, 11) is 0. The first-order valence-electron chi connectivity index (χ1n) is 9.52. The second kappa shape index (κ2) is 8.75. The Morgan fingerprint density at radius 3 is 2.52 bits per heavy atom. The molecule has 0 aliphatic rings. The standard InChI is InChI=1S/C21H21F3N4O3/c1-12(2)10-26-18(25)13(3)11-28-19-17(30-20(28)29)9-8-16(27-19)14-4-6-15(7-5-14)31-21(22,23)24/h4-10,12-13,25H,11H2,1-3H3. The van der Waals surface area contributed by atoms with Crippen LogP contribution in [0, 0.1) is 17.2 Å². The first kappa shape index (κ1) is 22.3. The maximum absolute atomic E-state index is 12.3. The molecular weight excluding hydrogens is 413 g/mol. The van der Waals surface area contributed by atoms with E-state index in [0.717, 1.165) is 0 Å². The van der Waals surface area contributed by atoms with Gasteiger partial charge in [0.25, 0.3) is 0 Å². The number of nitrogens with one attached hydrogen (secondary N) is 1. The molecule has 0 aliphatic carbocycles. The van der Waals surface area contributed by atoms with Gasteiger partial charge in [-0.2, -0.15) is 0 Å². The third-order valence-corrected chi connectivity index (χ3v) is 4.33. The summed E-state index contributed by atoms with van der Waals surface area (Å²) in [6, 6.07) is 8.43. The second-order valence-corrected chi connectivity index (χ2v) is 7.38. The summed E-state index contributed by atoms with van der Waals surface area (Å²) in [5, 5.41) is 8.07. The van der Waals surface area contributed by atoms with Gasteiger partial charge >= 0.3 is 12.1 Å². The lowest BCUT2D eigenvalue weighted by Crippen LogP contribution is -2.23. The third kappa shape index (κ3) is 5.59. The van der Waals surface area contributed by atoms with E-state index in [-0.39, 0.29) is 41.2 Å². The van der Waals surface area contributed by atoms with E-state index in [1.54, 1.807) is 25.3 Å². The highest BCUT2D eigenvalue weighted by molar-refractivity contribution is 5.89. The average molecular weight is 434 g/mol. The van der Waals surface area contributed by atoms with Gasteiger partial charge < -0.3 is 9.15 Å². The molecule has 0 aliphatic heterocycles. The van der Waals surface area contributed by atoms with E-state index >= 15 is 0 Å². The molecule has 0 fully saturated rings. The van der Waals surface area contributed by atoms with E-state index in [4.69, 9.17) is 9.83 Å². The van der Waals surface area contributed by atoms with Crippen molar-refractivity contribution in [2.45, 2.75) is 33.7 Å². The highest BCUT2D eigenvalue weighted by atomic mass is 19.4. The number of benzene rings is 1. The van der Waals surface area contributed by atoms with Crippen molar-refractivity contribution in [1.29, 1.82) is 5.41 Å². The van der Waals surface area contributed by atoms with E-state index in [9.17, 15) is 18.0 Å². The fourth-order valence-corrected chi connectivity index (χ4v) is 2.81. The lowest BCUT2D eigenvalue weighted by Gasteiger charge is -2.11. The number of aromatic nitrogens is 2. The molecule has 2 aromatic heterocycles. The number of fused-ring (bicyclic) bond motifs is 1. The molecule has 0 bridgehead atoms. The predicted molar refractivity (Wildman–Crippen MR) is 111 cm³/mol. The molecule has 31 heavy (non-hydrogen) atoms. The predicted octanol–water partition coefficient (Wildman–Crippen LogP) is 4.90. The number of hydrogen-bond acceptors (Lipinski definition) is 5. The molecule has 0 amide bonds. The van der Waals surface area contributed by atoms with Gasteiger partial charge in [0.1, 0.15) is 11.6 Å². The van der Waals surface area contributed by atoms with Gasteiger partial charge in [-0.1, -0.05) is 20.8 Å². The summed E-state index contributed by atoms with van der Waals surface area (Å²) in [4.78, 5) is 20.9. The molecule has 1 unspecified atom stereocenters. The normalized spacial score (nSPS) is 13.3. The van der Waals surface area contributed by atoms with Crippen molar-refractivity contribution in [2.75, 3.05) is 0 Å². The molecule has 0 radical (unpaired) electrons. The van der Waals surface area contributed by atoms with Gasteiger partial charge in [-0.15, -0.1) is 13.2 Å². The quantitative estimate of drug-likeness (QED) is 0.441. The van der Waals surface area contributed by atoms with Crippen molar-refractivity contribution in [1.82, 2.24) is 9.55 Å². The molecule has 164 valence electrons. The fourth-order valence-electron chi connectivity index (χ4n) is 2.81. The van der Waals surface area contributed by atoms with Crippen molar-refractivity contribution in [3.63, 3.8) is 0 Å². The monoisotopic (exact) mass is 434 g/mol. The van der Waals surface area contributed by atoms with Crippen LogP contribution >= 0.6 is 0 Å². The van der Waals surface area contributed by atoms with Crippen LogP contribution in [0.1, 0.15) is 20.8 Å². The topological polar surface area (TPSA) is 93.5 Å². The first-order valence-corrected chi connectivity index (χ1v) is 9.52. The van der Waals surface area contributed by atoms with Crippen LogP contribution in [-0.4, -0.2) is 28.0 Å². The van der Waals surface area contributed by atoms with Crippen LogP contribution in [0.4, 0.5) is 13.2 Å². The maximum Gasteiger partial charge on any atom is 0.573 e. The molecule has 1 N–H and O–H groups in total. The Labute approximate surface area is 175 Å². The Bertz CT molecular complexity index is 1160. The Kier molecular flexibility index (Phi) is 6.28. The smallest absolute Gasteiger partial charge is 0.406 e. The number of alkyl halides is 3. The van der Waals surface area contributed by atoms with Crippen molar-refractivity contribution >= 4 is 23.3 Å². The van der Waals surface area contributed by atoms with Crippen LogP contribution in [0.5, 0.6) is 5.75 Å². The minimum atomic E-state index is -4.77. The number of oxazole rings is 1. The minimum absolute atomic E-state index is 0.131. The zero-order chi connectivity index (χ0) is 22.8. The van der Waals surface area contributed by atoms with Crippen molar-refractivity contribution in [3.05, 3.63) is 46.9 Å². The molecule has 3 aromatic rings. The molecule has 7 nitrogen and oxygen atoms in total. The Morgan fingerprint density at radius 2 is 1.90 bits per heavy atom. The van der Waals surface area contributed by atoms with Crippen LogP contribution in [0.15, 0.2) is 50.6 Å². The van der Waals surface area contributed by atoms with Crippen molar-refractivity contribution < 1.29 is 22.3 Å². The largest absolute Gasteiger partial charge is 0.573 e. The van der Waals surface area contributed by atoms with Crippen molar-refractivity contribution in [2.24, 2.45) is 16.8 Å². The molecule has 0 saturated heterocycles. The highest BCUT2D eigenvalue weighted by Crippen LogP contribution is 2.27. The summed E-state index contributed by atoms with van der Waals surface area (Å²) < 4.78 is 47.4. The molecule has 10 heteroatoms. The van der Waals surface area contributed by atoms with Gasteiger partial charge in [-0.05, 0) is 42.3 Å². The molecule has 0 saturated carbocycles. The lowest BCUT2D eigenvalue weighted by molar-refractivity contribution is -0.274. The fraction of sp³-hybridized carbons (Fsp3) is 0.333. The molecule has 2 heterocycles. The number of rotatable bonds is 6. The first-order chi connectivity index (χ1) is 14.5. The second-order valence-electron chi connectivity index (χ2n) is 7.38. The number of ether oxygens (including phenoxy) is 1. The van der Waals surface area contributed by atoms with E-state index in [1.165, 1.54) is 28.8 Å². The van der Waals surface area contributed by atoms with Crippen LogP contribution in [0.2, 0.25) is 0 Å². The Balaban J connectivity index is 1.89. The summed E-state index contributed by atoms with van der Waals surface area (Å²) in [5.41, 5.74) is 1.54. The van der Waals surface area contributed by atoms with Gasteiger partial charge in [-0.25, -0.2) is 14.8 Å². The van der Waals surface area contributed by atoms with Gasteiger partial charge in [0.05, 0.1) is 5.69 Å². The molecular formula is C21H21F3N4O3. The zero-order valence-electron chi connectivity index (χ0n) is 17.1. The van der Waals surface area contributed by atoms with Crippen molar-refractivity contribution in [3.8, 4) is 17.0 Å². The molecule has 1 atom stereocenters. The summed E-state index contributed by atoms with van der Waals surface area (Å²) in [6.07, 6.45) is -3.10. The summed E-state index contributed by atoms with van der Waals surface area (Å²) in [5.74, 6) is -0.987. The van der Waals surface area contributed by atoms with Gasteiger partial charge in [0, 0.05) is 24.2 Å².